The van der Waals surface area contributed by atoms with Crippen LogP contribution < -0.4 is 0 Å². The summed E-state index contributed by atoms with van der Waals surface area (Å²) in [6, 6.07) is -0.308. The lowest BCUT2D eigenvalue weighted by molar-refractivity contribution is -0.143. The average molecular weight is 185 g/mol. The maximum atomic E-state index is 10.7. The number of hydrogen-bond donors (Lipinski definition) is 1. The molecule has 0 aromatic rings. The van der Waals surface area contributed by atoms with Gasteiger partial charge in [-0.2, -0.15) is 0 Å². The molecule has 3 heteroatoms. The molecule has 1 aliphatic heterocycles. The van der Waals surface area contributed by atoms with Crippen LogP contribution in [0.4, 0.5) is 0 Å². The maximum Gasteiger partial charge on any atom is 0.320 e. The molecule has 0 saturated carbocycles. The van der Waals surface area contributed by atoms with Crippen molar-refractivity contribution in [3.05, 3.63) is 0 Å². The van der Waals surface area contributed by atoms with E-state index in [4.69, 9.17) is 5.11 Å². The molecule has 1 N–H and O–H groups in total. The van der Waals surface area contributed by atoms with Crippen molar-refractivity contribution >= 4 is 5.97 Å². The van der Waals surface area contributed by atoms with Gasteiger partial charge in [-0.05, 0) is 38.8 Å². The maximum absolute atomic E-state index is 10.7. The quantitative estimate of drug-likeness (QED) is 0.725. The second-order valence-electron chi connectivity index (χ2n) is 3.90. The second-order valence-corrected chi connectivity index (χ2v) is 3.90. The molecule has 0 aliphatic carbocycles. The Hall–Kier alpha value is -0.570. The van der Waals surface area contributed by atoms with Crippen molar-refractivity contribution in [2.45, 2.75) is 39.2 Å². The molecule has 13 heavy (non-hydrogen) atoms. The van der Waals surface area contributed by atoms with Gasteiger partial charge in [-0.15, -0.1) is 0 Å². The van der Waals surface area contributed by atoms with E-state index in [1.54, 1.807) is 6.92 Å². The van der Waals surface area contributed by atoms with Crippen LogP contribution >= 0.6 is 0 Å². The fourth-order valence-corrected chi connectivity index (χ4v) is 1.90. The molecule has 0 spiro atoms. The molecule has 76 valence electrons. The van der Waals surface area contributed by atoms with E-state index in [1.807, 2.05) is 0 Å². The van der Waals surface area contributed by atoms with Crippen molar-refractivity contribution in [2.24, 2.45) is 5.92 Å². The Morgan fingerprint density at radius 3 is 2.46 bits per heavy atom. The smallest absolute Gasteiger partial charge is 0.320 e. The summed E-state index contributed by atoms with van der Waals surface area (Å²) < 4.78 is 0. The highest BCUT2D eigenvalue weighted by Gasteiger charge is 2.25. The highest BCUT2D eigenvalue weighted by atomic mass is 16.4. The van der Waals surface area contributed by atoms with Gasteiger partial charge < -0.3 is 5.11 Å². The standard InChI is InChI=1S/C10H19NO2/c1-3-9-4-6-11(7-5-9)8(2)10(12)13/h8-9H,3-7H2,1-2H3,(H,12,13). The summed E-state index contributed by atoms with van der Waals surface area (Å²) in [4.78, 5) is 12.8. The van der Waals surface area contributed by atoms with E-state index in [2.05, 4.69) is 11.8 Å². The predicted molar refractivity (Wildman–Crippen MR) is 51.7 cm³/mol. The number of hydrogen-bond acceptors (Lipinski definition) is 2. The first kappa shape index (κ1) is 10.5. The monoisotopic (exact) mass is 185 g/mol. The van der Waals surface area contributed by atoms with Gasteiger partial charge in [-0.3, -0.25) is 9.69 Å². The number of carboxylic acid groups (broad SMARTS) is 1. The Balaban J connectivity index is 2.36. The highest BCUT2D eigenvalue weighted by Crippen LogP contribution is 2.21. The van der Waals surface area contributed by atoms with Crippen LogP contribution in [0.2, 0.25) is 0 Å². The molecule has 1 fully saturated rings. The van der Waals surface area contributed by atoms with Gasteiger partial charge in [0.15, 0.2) is 0 Å². The zero-order valence-corrected chi connectivity index (χ0v) is 8.49. The first-order chi connectivity index (χ1) is 6.15. The third-order valence-corrected chi connectivity index (χ3v) is 3.13. The zero-order chi connectivity index (χ0) is 9.84. The first-order valence-corrected chi connectivity index (χ1v) is 5.12. The Morgan fingerprint density at radius 1 is 1.54 bits per heavy atom. The van der Waals surface area contributed by atoms with Crippen molar-refractivity contribution in [3.63, 3.8) is 0 Å². The molecule has 3 nitrogen and oxygen atoms in total. The van der Waals surface area contributed by atoms with Crippen molar-refractivity contribution in [1.82, 2.24) is 4.90 Å². The largest absolute Gasteiger partial charge is 0.480 e. The SMILES string of the molecule is CCC1CCN(C(C)C(=O)O)CC1. The van der Waals surface area contributed by atoms with E-state index >= 15 is 0 Å². The summed E-state index contributed by atoms with van der Waals surface area (Å²) in [5, 5.41) is 8.82. The number of aliphatic carboxylic acids is 1. The molecule has 1 saturated heterocycles. The van der Waals surface area contributed by atoms with Gasteiger partial charge in [0.2, 0.25) is 0 Å². The van der Waals surface area contributed by atoms with Gasteiger partial charge in [-0.25, -0.2) is 0 Å². The number of likely N-dealkylation sites (tertiary alicyclic amines) is 1. The zero-order valence-electron chi connectivity index (χ0n) is 8.49. The minimum Gasteiger partial charge on any atom is -0.480 e. The predicted octanol–water partition coefficient (Wildman–Crippen LogP) is 1.58. The van der Waals surface area contributed by atoms with Crippen LogP contribution in [0.1, 0.15) is 33.1 Å². The van der Waals surface area contributed by atoms with E-state index in [0.717, 1.165) is 31.8 Å². The Morgan fingerprint density at radius 2 is 2.08 bits per heavy atom. The van der Waals surface area contributed by atoms with Gasteiger partial charge in [0, 0.05) is 0 Å². The molecular weight excluding hydrogens is 166 g/mol. The van der Waals surface area contributed by atoms with Gasteiger partial charge in [0.05, 0.1) is 0 Å². The van der Waals surface area contributed by atoms with Crippen LogP contribution in [0.15, 0.2) is 0 Å². The Kier molecular flexibility index (Phi) is 3.72. The van der Waals surface area contributed by atoms with Crippen LogP contribution in [0, 0.1) is 5.92 Å². The van der Waals surface area contributed by atoms with Gasteiger partial charge in [0.1, 0.15) is 6.04 Å². The molecule has 1 unspecified atom stereocenters. The third-order valence-electron chi connectivity index (χ3n) is 3.13. The van der Waals surface area contributed by atoms with Crippen molar-refractivity contribution in [1.29, 1.82) is 0 Å². The van der Waals surface area contributed by atoms with E-state index < -0.39 is 5.97 Å². The van der Waals surface area contributed by atoms with Crippen LogP contribution in [0.3, 0.4) is 0 Å². The minimum atomic E-state index is -0.699. The number of piperidine rings is 1. The number of carboxylic acids is 1. The first-order valence-electron chi connectivity index (χ1n) is 5.12. The minimum absolute atomic E-state index is 0.308. The highest BCUT2D eigenvalue weighted by molar-refractivity contribution is 5.72. The summed E-state index contributed by atoms with van der Waals surface area (Å²) in [5.74, 6) is 0.118. The fourth-order valence-electron chi connectivity index (χ4n) is 1.90. The van der Waals surface area contributed by atoms with Gasteiger partial charge in [-0.1, -0.05) is 13.3 Å². The molecule has 0 radical (unpaired) electrons. The van der Waals surface area contributed by atoms with Gasteiger partial charge in [0.25, 0.3) is 0 Å². The summed E-state index contributed by atoms with van der Waals surface area (Å²) in [7, 11) is 0. The molecule has 0 amide bonds. The summed E-state index contributed by atoms with van der Waals surface area (Å²) in [6.45, 7) is 5.88. The molecule has 0 bridgehead atoms. The molecule has 1 atom stereocenters. The normalized spacial score (nSPS) is 22.9. The summed E-state index contributed by atoms with van der Waals surface area (Å²) >= 11 is 0. The Labute approximate surface area is 79.7 Å². The molecule has 0 aromatic heterocycles. The van der Waals surface area contributed by atoms with Crippen molar-refractivity contribution in [2.75, 3.05) is 13.1 Å². The lowest BCUT2D eigenvalue weighted by Crippen LogP contribution is -2.43. The van der Waals surface area contributed by atoms with Crippen molar-refractivity contribution < 1.29 is 9.90 Å². The van der Waals surface area contributed by atoms with Crippen LogP contribution in [-0.4, -0.2) is 35.1 Å². The van der Waals surface area contributed by atoms with E-state index in [-0.39, 0.29) is 6.04 Å². The molecule has 1 rings (SSSR count). The van der Waals surface area contributed by atoms with Crippen LogP contribution in [-0.2, 0) is 4.79 Å². The average Bonchev–Trinajstić information content (AvgIpc) is 2.17. The fraction of sp³-hybridized carbons (Fsp3) is 0.900. The molecule has 1 aliphatic rings. The van der Waals surface area contributed by atoms with E-state index in [9.17, 15) is 4.79 Å². The number of carbonyl (C=O) groups is 1. The summed E-state index contributed by atoms with van der Waals surface area (Å²) in [5.41, 5.74) is 0. The molecule has 1 heterocycles. The van der Waals surface area contributed by atoms with E-state index in [1.165, 1.54) is 6.42 Å². The lowest BCUT2D eigenvalue weighted by Gasteiger charge is -2.33. The van der Waals surface area contributed by atoms with E-state index in [0.29, 0.717) is 0 Å². The number of nitrogens with zero attached hydrogens (tertiary/aromatic N) is 1. The third kappa shape index (κ3) is 2.69. The molecular formula is C10H19NO2. The number of rotatable bonds is 3. The Bertz CT molecular complexity index is 174. The topological polar surface area (TPSA) is 40.5 Å². The van der Waals surface area contributed by atoms with Crippen LogP contribution in [0.25, 0.3) is 0 Å². The van der Waals surface area contributed by atoms with Crippen molar-refractivity contribution in [3.8, 4) is 0 Å². The second kappa shape index (κ2) is 4.61. The molecule has 0 aromatic carbocycles. The van der Waals surface area contributed by atoms with Gasteiger partial charge >= 0.3 is 5.97 Å². The van der Waals surface area contributed by atoms with Crippen LogP contribution in [0.5, 0.6) is 0 Å². The lowest BCUT2D eigenvalue weighted by atomic mass is 9.94. The summed E-state index contributed by atoms with van der Waals surface area (Å²) in [6.07, 6.45) is 3.55.